The molecule has 0 fully saturated rings. The summed E-state index contributed by atoms with van der Waals surface area (Å²) in [6.07, 6.45) is -0.643. The molecule has 0 saturated carbocycles. The maximum Gasteiger partial charge on any atom is 0.408 e. The zero-order valence-corrected chi connectivity index (χ0v) is 17.2. The van der Waals surface area contributed by atoms with E-state index >= 15 is 0 Å². The van der Waals surface area contributed by atoms with Crippen molar-refractivity contribution in [2.45, 2.75) is 39.3 Å². The zero-order chi connectivity index (χ0) is 21.3. The highest BCUT2D eigenvalue weighted by atomic mass is 35.5. The number of aromatic nitrogens is 2. The van der Waals surface area contributed by atoms with E-state index in [1.165, 1.54) is 10.6 Å². The molecule has 0 radical (unpaired) electrons. The summed E-state index contributed by atoms with van der Waals surface area (Å²) in [5.41, 5.74) is -0.454. The first-order valence-electron chi connectivity index (χ1n) is 9.04. The molecule has 1 N–H and O–H groups in total. The van der Waals surface area contributed by atoms with Crippen LogP contribution in [0, 0.1) is 5.82 Å². The Kier molecular flexibility index (Phi) is 5.61. The summed E-state index contributed by atoms with van der Waals surface area (Å²) in [4.78, 5) is 30.0. The van der Waals surface area contributed by atoms with Gasteiger partial charge in [-0.3, -0.25) is 9.36 Å². The van der Waals surface area contributed by atoms with E-state index in [-0.39, 0.29) is 21.7 Å². The largest absolute Gasteiger partial charge is 0.444 e. The van der Waals surface area contributed by atoms with Crippen molar-refractivity contribution in [3.63, 3.8) is 0 Å². The lowest BCUT2D eigenvalue weighted by Crippen LogP contribution is -2.37. The lowest BCUT2D eigenvalue weighted by Gasteiger charge is -2.23. The van der Waals surface area contributed by atoms with Gasteiger partial charge in [-0.1, -0.05) is 29.8 Å². The zero-order valence-electron chi connectivity index (χ0n) is 16.5. The fraction of sp³-hybridized carbons (Fsp3) is 0.286. The van der Waals surface area contributed by atoms with Crippen molar-refractivity contribution < 1.29 is 13.9 Å². The molecule has 0 aliphatic rings. The molecule has 0 spiro atoms. The summed E-state index contributed by atoms with van der Waals surface area (Å²) in [5.74, 6) is -0.437. The summed E-state index contributed by atoms with van der Waals surface area (Å²) in [6, 6.07) is 10.6. The summed E-state index contributed by atoms with van der Waals surface area (Å²) in [7, 11) is 0. The average molecular weight is 418 g/mol. The van der Waals surface area contributed by atoms with Crippen LogP contribution in [0.25, 0.3) is 16.6 Å². The van der Waals surface area contributed by atoms with Crippen LogP contribution in [0.5, 0.6) is 0 Å². The maximum atomic E-state index is 14.0. The molecule has 1 aromatic heterocycles. The number of carbonyl (C=O) groups is 1. The van der Waals surface area contributed by atoms with Crippen molar-refractivity contribution >= 4 is 28.6 Å². The Balaban J connectivity index is 2.19. The van der Waals surface area contributed by atoms with E-state index < -0.39 is 29.1 Å². The monoisotopic (exact) mass is 417 g/mol. The van der Waals surface area contributed by atoms with Gasteiger partial charge in [-0.2, -0.15) is 0 Å². The van der Waals surface area contributed by atoms with Gasteiger partial charge in [-0.05, 0) is 52.0 Å². The third-order valence-corrected chi connectivity index (χ3v) is 4.46. The third-order valence-electron chi connectivity index (χ3n) is 4.09. The lowest BCUT2D eigenvalue weighted by molar-refractivity contribution is 0.0505. The van der Waals surface area contributed by atoms with Crippen molar-refractivity contribution in [2.75, 3.05) is 0 Å². The molecular formula is C21H21ClFN3O3. The van der Waals surface area contributed by atoms with Gasteiger partial charge in [0.15, 0.2) is 0 Å². The number of fused-ring (bicyclic) bond motifs is 1. The number of amides is 1. The Hall–Kier alpha value is -2.93. The van der Waals surface area contributed by atoms with Gasteiger partial charge in [-0.15, -0.1) is 0 Å². The van der Waals surface area contributed by atoms with Crippen LogP contribution in [0.4, 0.5) is 9.18 Å². The number of hydrogen-bond donors (Lipinski definition) is 1. The number of nitrogens with zero attached hydrogens (tertiary/aromatic N) is 2. The molecule has 1 heterocycles. The summed E-state index contributed by atoms with van der Waals surface area (Å²) in [5, 5.41) is 2.38. The highest BCUT2D eigenvalue weighted by Gasteiger charge is 2.24. The number of hydrogen-bond acceptors (Lipinski definition) is 4. The molecule has 2 aromatic carbocycles. The minimum Gasteiger partial charge on any atom is -0.444 e. The number of halogens is 2. The standard InChI is InChI=1S/C21H21ClFN3O3/c1-12(24-20(28)29-21(2,3)4)18-25-15-11-10-14(23)17(22)16(15)19(27)26(18)13-8-6-5-7-9-13/h5-12H,1-4H3,(H,24,28). The minimum absolute atomic E-state index is 0.0243. The molecule has 152 valence electrons. The Bertz CT molecular complexity index is 1120. The van der Waals surface area contributed by atoms with E-state index in [1.54, 1.807) is 58.0 Å². The Morgan fingerprint density at radius 2 is 1.86 bits per heavy atom. The van der Waals surface area contributed by atoms with Crippen LogP contribution in [0.15, 0.2) is 47.3 Å². The van der Waals surface area contributed by atoms with Gasteiger partial charge in [0, 0.05) is 0 Å². The van der Waals surface area contributed by atoms with Gasteiger partial charge < -0.3 is 10.1 Å². The number of carbonyl (C=O) groups excluding carboxylic acids is 1. The van der Waals surface area contributed by atoms with E-state index in [0.717, 1.165) is 6.07 Å². The average Bonchev–Trinajstić information content (AvgIpc) is 2.63. The number of ether oxygens (including phenoxy) is 1. The second kappa shape index (κ2) is 7.83. The van der Waals surface area contributed by atoms with E-state index in [9.17, 15) is 14.0 Å². The molecule has 0 bridgehead atoms. The van der Waals surface area contributed by atoms with Gasteiger partial charge in [0.1, 0.15) is 17.2 Å². The smallest absolute Gasteiger partial charge is 0.408 e. The van der Waals surface area contributed by atoms with Gasteiger partial charge >= 0.3 is 6.09 Å². The van der Waals surface area contributed by atoms with Crippen molar-refractivity contribution in [3.05, 3.63) is 69.5 Å². The predicted octanol–water partition coefficient (Wildman–Crippen LogP) is 4.76. The van der Waals surface area contributed by atoms with E-state index in [1.807, 2.05) is 0 Å². The van der Waals surface area contributed by atoms with Crippen molar-refractivity contribution in [3.8, 4) is 5.69 Å². The molecular weight excluding hydrogens is 397 g/mol. The summed E-state index contributed by atoms with van der Waals surface area (Å²) >= 11 is 6.06. The van der Waals surface area contributed by atoms with Crippen molar-refractivity contribution in [1.29, 1.82) is 0 Å². The molecule has 6 nitrogen and oxygen atoms in total. The highest BCUT2D eigenvalue weighted by Crippen LogP contribution is 2.25. The Morgan fingerprint density at radius 1 is 1.21 bits per heavy atom. The number of alkyl carbamates (subject to hydrolysis) is 1. The van der Waals surface area contributed by atoms with Gasteiger partial charge in [-0.25, -0.2) is 14.2 Å². The lowest BCUT2D eigenvalue weighted by atomic mass is 10.2. The number of rotatable bonds is 3. The van der Waals surface area contributed by atoms with Crippen LogP contribution in [0.2, 0.25) is 5.02 Å². The molecule has 1 amide bonds. The molecule has 3 rings (SSSR count). The molecule has 29 heavy (non-hydrogen) atoms. The van der Waals surface area contributed by atoms with Crippen LogP contribution in [0.1, 0.15) is 39.6 Å². The summed E-state index contributed by atoms with van der Waals surface area (Å²) < 4.78 is 20.6. The fourth-order valence-corrected chi connectivity index (χ4v) is 3.13. The molecule has 3 aromatic rings. The Morgan fingerprint density at radius 3 is 2.48 bits per heavy atom. The van der Waals surface area contributed by atoms with Gasteiger partial charge in [0.05, 0.1) is 27.7 Å². The van der Waals surface area contributed by atoms with Crippen molar-refractivity contribution in [1.82, 2.24) is 14.9 Å². The quantitative estimate of drug-likeness (QED) is 0.666. The minimum atomic E-state index is -0.703. The van der Waals surface area contributed by atoms with E-state index in [4.69, 9.17) is 16.3 Å². The first-order chi connectivity index (χ1) is 13.6. The summed E-state index contributed by atoms with van der Waals surface area (Å²) in [6.45, 7) is 6.94. The van der Waals surface area contributed by atoms with E-state index in [0.29, 0.717) is 5.69 Å². The first kappa shape index (κ1) is 20.8. The normalized spacial score (nSPS) is 12.6. The molecule has 0 aliphatic heterocycles. The van der Waals surface area contributed by atoms with Crippen molar-refractivity contribution in [2.24, 2.45) is 0 Å². The number of nitrogens with one attached hydrogen (secondary N) is 1. The maximum absolute atomic E-state index is 14.0. The van der Waals surface area contributed by atoms with E-state index in [2.05, 4.69) is 10.3 Å². The van der Waals surface area contributed by atoms with Gasteiger partial charge in [0.25, 0.3) is 5.56 Å². The fourth-order valence-electron chi connectivity index (χ4n) is 2.89. The predicted molar refractivity (Wildman–Crippen MR) is 110 cm³/mol. The number of para-hydroxylation sites is 1. The van der Waals surface area contributed by atoms with Gasteiger partial charge in [0.2, 0.25) is 0 Å². The molecule has 1 unspecified atom stereocenters. The SMILES string of the molecule is CC(NC(=O)OC(C)(C)C)c1nc2ccc(F)c(Cl)c2c(=O)n1-c1ccccc1. The second-order valence-electron chi connectivity index (χ2n) is 7.57. The molecule has 1 atom stereocenters. The molecule has 0 saturated heterocycles. The van der Waals surface area contributed by atoms with Crippen LogP contribution in [0.3, 0.4) is 0 Å². The topological polar surface area (TPSA) is 73.2 Å². The number of benzene rings is 2. The molecule has 8 heteroatoms. The first-order valence-corrected chi connectivity index (χ1v) is 9.42. The highest BCUT2D eigenvalue weighted by molar-refractivity contribution is 6.35. The second-order valence-corrected chi connectivity index (χ2v) is 7.95. The van der Waals surface area contributed by atoms with Crippen LogP contribution in [-0.2, 0) is 4.74 Å². The van der Waals surface area contributed by atoms with Crippen LogP contribution < -0.4 is 10.9 Å². The molecule has 0 aliphatic carbocycles. The van der Waals surface area contributed by atoms with Crippen LogP contribution >= 0.6 is 11.6 Å². The Labute approximate surface area is 172 Å². The third kappa shape index (κ3) is 4.40. The van der Waals surface area contributed by atoms with Crippen LogP contribution in [-0.4, -0.2) is 21.2 Å².